The summed E-state index contributed by atoms with van der Waals surface area (Å²) in [5, 5.41) is 10.4. The zero-order valence-electron chi connectivity index (χ0n) is 12.4. The van der Waals surface area contributed by atoms with Crippen LogP contribution < -0.4 is 4.90 Å². The van der Waals surface area contributed by atoms with Gasteiger partial charge in [-0.25, -0.2) is 4.98 Å². The van der Waals surface area contributed by atoms with Crippen molar-refractivity contribution in [1.82, 2.24) is 4.98 Å². The maximum Gasteiger partial charge on any atom is 0.205 e. The normalized spacial score (nSPS) is 17.1. The SMILES string of the molecule is C[Si](C)OCc1sc(N2CC(O)C2)nc1C(C)(C)C. The van der Waals surface area contributed by atoms with Crippen LogP contribution in [0.1, 0.15) is 31.3 Å². The Labute approximate surface area is 121 Å². The van der Waals surface area contributed by atoms with Crippen LogP contribution >= 0.6 is 11.3 Å². The summed E-state index contributed by atoms with van der Waals surface area (Å²) < 4.78 is 5.83. The highest BCUT2D eigenvalue weighted by Gasteiger charge is 2.30. The lowest BCUT2D eigenvalue weighted by atomic mass is 9.91. The van der Waals surface area contributed by atoms with E-state index in [1.54, 1.807) is 11.3 Å². The van der Waals surface area contributed by atoms with Gasteiger partial charge in [-0.1, -0.05) is 32.1 Å². The molecular formula is C13H23N2O2SSi. The number of thiazole rings is 1. The van der Waals surface area contributed by atoms with Crippen LogP contribution in [0.3, 0.4) is 0 Å². The van der Waals surface area contributed by atoms with Gasteiger partial charge in [-0.05, 0) is 13.1 Å². The fraction of sp³-hybridized carbons (Fsp3) is 0.769. The molecule has 1 N–H and O–H groups in total. The van der Waals surface area contributed by atoms with Crippen LogP contribution in [0.15, 0.2) is 0 Å². The van der Waals surface area contributed by atoms with Crippen LogP contribution in [-0.2, 0) is 16.4 Å². The zero-order valence-corrected chi connectivity index (χ0v) is 14.2. The number of aliphatic hydroxyl groups excluding tert-OH is 1. The maximum absolute atomic E-state index is 9.41. The molecule has 1 aliphatic rings. The summed E-state index contributed by atoms with van der Waals surface area (Å²) in [5.74, 6) is 0. The first-order chi connectivity index (χ1) is 8.77. The lowest BCUT2D eigenvalue weighted by Gasteiger charge is -2.35. The number of aromatic nitrogens is 1. The van der Waals surface area contributed by atoms with Gasteiger partial charge < -0.3 is 14.4 Å². The Morgan fingerprint density at radius 3 is 2.53 bits per heavy atom. The molecule has 0 aliphatic carbocycles. The summed E-state index contributed by atoms with van der Waals surface area (Å²) >= 11 is 1.71. The van der Waals surface area contributed by atoms with Crippen molar-refractivity contribution in [1.29, 1.82) is 0 Å². The molecule has 1 aromatic rings. The summed E-state index contributed by atoms with van der Waals surface area (Å²) in [5.41, 5.74) is 1.17. The molecule has 1 fully saturated rings. The summed E-state index contributed by atoms with van der Waals surface area (Å²) in [6, 6.07) is 0. The third kappa shape index (κ3) is 3.56. The topological polar surface area (TPSA) is 45.6 Å². The first kappa shape index (κ1) is 15.0. The number of nitrogens with zero attached hydrogens (tertiary/aromatic N) is 2. The molecule has 0 aromatic carbocycles. The van der Waals surface area contributed by atoms with Crippen LogP contribution in [0.4, 0.5) is 5.13 Å². The summed E-state index contributed by atoms with van der Waals surface area (Å²) in [4.78, 5) is 8.15. The molecule has 1 aromatic heterocycles. The summed E-state index contributed by atoms with van der Waals surface area (Å²) in [6.45, 7) is 12.9. The molecule has 0 amide bonds. The number of aliphatic hydroxyl groups is 1. The van der Waals surface area contributed by atoms with Crippen LogP contribution in [0.25, 0.3) is 0 Å². The third-order valence-electron chi connectivity index (χ3n) is 3.02. The van der Waals surface area contributed by atoms with E-state index in [-0.39, 0.29) is 11.5 Å². The predicted octanol–water partition coefficient (Wildman–Crippen LogP) is 2.39. The fourth-order valence-electron chi connectivity index (χ4n) is 1.98. The second-order valence-electron chi connectivity index (χ2n) is 6.27. The molecular weight excluding hydrogens is 276 g/mol. The summed E-state index contributed by atoms with van der Waals surface area (Å²) in [6.07, 6.45) is -0.192. The number of hydrogen-bond donors (Lipinski definition) is 1. The van der Waals surface area contributed by atoms with Crippen molar-refractivity contribution in [2.24, 2.45) is 0 Å². The highest BCUT2D eigenvalue weighted by Crippen LogP contribution is 2.35. The number of rotatable bonds is 4. The molecule has 0 atom stereocenters. The highest BCUT2D eigenvalue weighted by molar-refractivity contribution is 7.15. The van der Waals surface area contributed by atoms with Gasteiger partial charge in [0.25, 0.3) is 0 Å². The predicted molar refractivity (Wildman–Crippen MR) is 81.3 cm³/mol. The van der Waals surface area contributed by atoms with Gasteiger partial charge in [-0.15, -0.1) is 0 Å². The van der Waals surface area contributed by atoms with Crippen molar-refractivity contribution in [3.05, 3.63) is 10.6 Å². The summed E-state index contributed by atoms with van der Waals surface area (Å²) in [7, 11) is -0.679. The molecule has 19 heavy (non-hydrogen) atoms. The Kier molecular flexibility index (Phi) is 4.34. The molecule has 2 rings (SSSR count). The number of anilines is 1. The van der Waals surface area contributed by atoms with E-state index in [1.165, 1.54) is 4.88 Å². The molecule has 0 spiro atoms. The van der Waals surface area contributed by atoms with Crippen molar-refractivity contribution < 1.29 is 9.53 Å². The Balaban J connectivity index is 2.19. The average molecular weight is 299 g/mol. The molecule has 1 radical (unpaired) electrons. The quantitative estimate of drug-likeness (QED) is 0.867. The van der Waals surface area contributed by atoms with Crippen LogP contribution in [0, 0.1) is 0 Å². The fourth-order valence-corrected chi connectivity index (χ4v) is 3.72. The molecule has 0 bridgehead atoms. The lowest BCUT2D eigenvalue weighted by Crippen LogP contribution is -2.50. The van der Waals surface area contributed by atoms with Crippen molar-refractivity contribution in [2.75, 3.05) is 18.0 Å². The third-order valence-corrected chi connectivity index (χ3v) is 4.83. The van der Waals surface area contributed by atoms with Crippen molar-refractivity contribution in [3.8, 4) is 0 Å². The molecule has 1 saturated heterocycles. The molecule has 6 heteroatoms. The molecule has 0 saturated carbocycles. The van der Waals surface area contributed by atoms with Gasteiger partial charge in [0.15, 0.2) is 5.13 Å². The zero-order chi connectivity index (χ0) is 14.2. The molecule has 2 heterocycles. The first-order valence-electron chi connectivity index (χ1n) is 6.63. The van der Waals surface area contributed by atoms with E-state index in [0.717, 1.165) is 10.8 Å². The van der Waals surface area contributed by atoms with E-state index in [0.29, 0.717) is 19.7 Å². The van der Waals surface area contributed by atoms with Gasteiger partial charge in [-0.2, -0.15) is 0 Å². The Morgan fingerprint density at radius 1 is 1.42 bits per heavy atom. The standard InChI is InChI=1S/C13H23N2O2SSi/c1-13(2,3)11-10(8-17-19(4)5)18-12(14-11)15-6-9(16)7-15/h9,16H,6-8H2,1-5H3. The van der Waals surface area contributed by atoms with Gasteiger partial charge in [0.05, 0.1) is 23.3 Å². The maximum atomic E-state index is 9.41. The van der Waals surface area contributed by atoms with E-state index in [9.17, 15) is 5.11 Å². The molecule has 1 aliphatic heterocycles. The number of β-amino-alcohol motifs (C(OH)–C–C–N with tert-alkyl or cyclic N) is 1. The van der Waals surface area contributed by atoms with Gasteiger partial charge in [0.2, 0.25) is 9.04 Å². The smallest absolute Gasteiger partial charge is 0.205 e. The van der Waals surface area contributed by atoms with E-state index < -0.39 is 9.04 Å². The molecule has 4 nitrogen and oxygen atoms in total. The molecule has 107 valence electrons. The minimum Gasteiger partial charge on any atom is -0.412 e. The Morgan fingerprint density at radius 2 is 2.05 bits per heavy atom. The highest BCUT2D eigenvalue weighted by atomic mass is 32.1. The molecule has 0 unspecified atom stereocenters. The lowest BCUT2D eigenvalue weighted by molar-refractivity contribution is 0.142. The Hall–Kier alpha value is -0.433. The average Bonchev–Trinajstić information content (AvgIpc) is 2.65. The van der Waals surface area contributed by atoms with E-state index in [2.05, 4.69) is 38.8 Å². The van der Waals surface area contributed by atoms with Crippen LogP contribution in [-0.4, -0.2) is 38.3 Å². The monoisotopic (exact) mass is 299 g/mol. The van der Waals surface area contributed by atoms with Crippen molar-refractivity contribution >= 4 is 25.5 Å². The van der Waals surface area contributed by atoms with E-state index in [1.807, 2.05) is 0 Å². The van der Waals surface area contributed by atoms with Gasteiger partial charge in [0, 0.05) is 18.5 Å². The van der Waals surface area contributed by atoms with Gasteiger partial charge in [0.1, 0.15) is 0 Å². The van der Waals surface area contributed by atoms with Gasteiger partial charge >= 0.3 is 0 Å². The second kappa shape index (κ2) is 5.52. The van der Waals surface area contributed by atoms with Crippen LogP contribution in [0.5, 0.6) is 0 Å². The van der Waals surface area contributed by atoms with Crippen molar-refractivity contribution in [2.45, 2.75) is 52.0 Å². The first-order valence-corrected chi connectivity index (χ1v) is 9.86. The van der Waals surface area contributed by atoms with Gasteiger partial charge in [-0.3, -0.25) is 0 Å². The van der Waals surface area contributed by atoms with Crippen LogP contribution in [0.2, 0.25) is 13.1 Å². The van der Waals surface area contributed by atoms with E-state index in [4.69, 9.17) is 9.41 Å². The minimum atomic E-state index is -0.679. The van der Waals surface area contributed by atoms with E-state index >= 15 is 0 Å². The number of hydrogen-bond acceptors (Lipinski definition) is 5. The minimum absolute atomic E-state index is 0.0330. The second-order valence-corrected chi connectivity index (χ2v) is 9.44. The Bertz CT molecular complexity index is 436. The largest absolute Gasteiger partial charge is 0.412 e. The van der Waals surface area contributed by atoms with Crippen molar-refractivity contribution in [3.63, 3.8) is 0 Å².